The van der Waals surface area contributed by atoms with E-state index in [-0.39, 0.29) is 0 Å². The van der Waals surface area contributed by atoms with E-state index in [0.717, 1.165) is 15.0 Å². The molecular formula is C14H10BrNS. The first-order valence-electron chi connectivity index (χ1n) is 5.35. The van der Waals surface area contributed by atoms with Gasteiger partial charge in [0.2, 0.25) is 0 Å². The van der Waals surface area contributed by atoms with Gasteiger partial charge >= 0.3 is 0 Å². The average Bonchev–Trinajstić information content (AvgIpc) is 2.72. The van der Waals surface area contributed by atoms with Crippen LogP contribution in [0.2, 0.25) is 0 Å². The monoisotopic (exact) mass is 303 g/mol. The lowest BCUT2D eigenvalue weighted by molar-refractivity contribution is 1.44. The summed E-state index contributed by atoms with van der Waals surface area (Å²) in [5, 5.41) is 1.08. The zero-order valence-electron chi connectivity index (χ0n) is 9.27. The predicted octanol–water partition coefficient (Wildman–Crippen LogP) is 5.03. The van der Waals surface area contributed by atoms with Crippen molar-refractivity contribution in [2.24, 2.45) is 0 Å². The highest BCUT2D eigenvalue weighted by Crippen LogP contribution is 2.31. The second-order valence-electron chi connectivity index (χ2n) is 4.00. The molecule has 0 atom stereocenters. The average molecular weight is 304 g/mol. The fraction of sp³-hybridized carbons (Fsp3) is 0.0714. The molecule has 0 aliphatic carbocycles. The van der Waals surface area contributed by atoms with Gasteiger partial charge in [0, 0.05) is 10.0 Å². The lowest BCUT2D eigenvalue weighted by Gasteiger charge is -1.94. The highest BCUT2D eigenvalue weighted by molar-refractivity contribution is 9.10. The zero-order chi connectivity index (χ0) is 11.8. The van der Waals surface area contributed by atoms with E-state index in [9.17, 15) is 0 Å². The summed E-state index contributed by atoms with van der Waals surface area (Å²) < 4.78 is 2.34. The third-order valence-corrected chi connectivity index (χ3v) is 4.25. The molecule has 2 aromatic carbocycles. The number of aryl methyl sites for hydroxylation is 1. The Hall–Kier alpha value is -1.19. The van der Waals surface area contributed by atoms with Gasteiger partial charge in [-0.3, -0.25) is 0 Å². The minimum atomic E-state index is 1.08. The van der Waals surface area contributed by atoms with Crippen LogP contribution in [0, 0.1) is 6.92 Å². The highest BCUT2D eigenvalue weighted by atomic mass is 79.9. The van der Waals surface area contributed by atoms with E-state index in [1.165, 1.54) is 15.8 Å². The second kappa shape index (κ2) is 4.24. The van der Waals surface area contributed by atoms with Crippen molar-refractivity contribution in [1.82, 2.24) is 4.98 Å². The van der Waals surface area contributed by atoms with E-state index in [2.05, 4.69) is 58.2 Å². The number of hydrogen-bond acceptors (Lipinski definition) is 2. The SMILES string of the molecule is Cc1ccc2sc(-c3ccc(Br)cc3)nc2c1. The van der Waals surface area contributed by atoms with E-state index < -0.39 is 0 Å². The van der Waals surface area contributed by atoms with Gasteiger partial charge in [0.15, 0.2) is 0 Å². The Balaban J connectivity index is 2.14. The van der Waals surface area contributed by atoms with Crippen LogP contribution in [0.5, 0.6) is 0 Å². The van der Waals surface area contributed by atoms with Crippen LogP contribution in [-0.4, -0.2) is 4.98 Å². The van der Waals surface area contributed by atoms with Crippen LogP contribution in [0.1, 0.15) is 5.56 Å². The van der Waals surface area contributed by atoms with Crippen molar-refractivity contribution < 1.29 is 0 Å². The molecule has 1 nitrogen and oxygen atoms in total. The molecule has 0 bridgehead atoms. The highest BCUT2D eigenvalue weighted by Gasteiger charge is 2.05. The molecule has 0 unspecified atom stereocenters. The largest absolute Gasteiger partial charge is 0.236 e. The van der Waals surface area contributed by atoms with Crippen molar-refractivity contribution in [3.05, 3.63) is 52.5 Å². The van der Waals surface area contributed by atoms with Gasteiger partial charge in [-0.1, -0.05) is 34.1 Å². The van der Waals surface area contributed by atoms with Crippen LogP contribution >= 0.6 is 27.3 Å². The summed E-state index contributed by atoms with van der Waals surface area (Å²) in [5.74, 6) is 0. The van der Waals surface area contributed by atoms with E-state index in [1.807, 2.05) is 12.1 Å². The number of rotatable bonds is 1. The molecule has 0 amide bonds. The van der Waals surface area contributed by atoms with Crippen LogP contribution < -0.4 is 0 Å². The van der Waals surface area contributed by atoms with Gasteiger partial charge in [-0.15, -0.1) is 11.3 Å². The molecule has 0 radical (unpaired) electrons. The van der Waals surface area contributed by atoms with Crippen molar-refractivity contribution in [3.63, 3.8) is 0 Å². The molecule has 3 heteroatoms. The van der Waals surface area contributed by atoms with Gasteiger partial charge in [-0.2, -0.15) is 0 Å². The summed E-state index contributed by atoms with van der Waals surface area (Å²) in [6.07, 6.45) is 0. The first kappa shape index (κ1) is 10.9. The lowest BCUT2D eigenvalue weighted by Crippen LogP contribution is -1.75. The second-order valence-corrected chi connectivity index (χ2v) is 5.94. The van der Waals surface area contributed by atoms with Crippen LogP contribution in [0.15, 0.2) is 46.9 Å². The number of thiazole rings is 1. The molecule has 3 aromatic rings. The van der Waals surface area contributed by atoms with Gasteiger partial charge in [0.1, 0.15) is 5.01 Å². The predicted molar refractivity (Wildman–Crippen MR) is 77.5 cm³/mol. The molecule has 3 rings (SSSR count). The van der Waals surface area contributed by atoms with E-state index >= 15 is 0 Å². The van der Waals surface area contributed by atoms with E-state index in [1.54, 1.807) is 11.3 Å². The Morgan fingerprint density at radius 2 is 1.82 bits per heavy atom. The minimum Gasteiger partial charge on any atom is -0.236 e. The molecule has 0 aliphatic rings. The first-order chi connectivity index (χ1) is 8.22. The molecule has 1 heterocycles. The summed E-state index contributed by atoms with van der Waals surface area (Å²) in [4.78, 5) is 4.68. The van der Waals surface area contributed by atoms with Crippen LogP contribution in [0.3, 0.4) is 0 Å². The standard InChI is InChI=1S/C14H10BrNS/c1-9-2-7-13-12(8-9)16-14(17-13)10-3-5-11(15)6-4-10/h2-8H,1H3. The molecule has 1 aromatic heterocycles. The topological polar surface area (TPSA) is 12.9 Å². The third kappa shape index (κ3) is 2.13. The Kier molecular flexibility index (Phi) is 2.73. The smallest absolute Gasteiger partial charge is 0.124 e. The van der Waals surface area contributed by atoms with Gasteiger partial charge < -0.3 is 0 Å². The molecule has 0 saturated heterocycles. The molecule has 0 N–H and O–H groups in total. The molecule has 17 heavy (non-hydrogen) atoms. The molecular weight excluding hydrogens is 294 g/mol. The lowest BCUT2D eigenvalue weighted by atomic mass is 10.2. The van der Waals surface area contributed by atoms with Gasteiger partial charge in [-0.05, 0) is 36.8 Å². The molecule has 0 fully saturated rings. The quantitative estimate of drug-likeness (QED) is 0.614. The minimum absolute atomic E-state index is 1.08. The Bertz CT molecular complexity index is 670. The van der Waals surface area contributed by atoms with Gasteiger partial charge in [0.25, 0.3) is 0 Å². The zero-order valence-corrected chi connectivity index (χ0v) is 11.7. The van der Waals surface area contributed by atoms with Crippen molar-refractivity contribution >= 4 is 37.5 Å². The maximum atomic E-state index is 4.68. The number of fused-ring (bicyclic) bond motifs is 1. The molecule has 0 spiro atoms. The van der Waals surface area contributed by atoms with Crippen LogP contribution in [0.25, 0.3) is 20.8 Å². The Morgan fingerprint density at radius 1 is 1.06 bits per heavy atom. The summed E-state index contributed by atoms with van der Waals surface area (Å²) in [6.45, 7) is 2.10. The Morgan fingerprint density at radius 3 is 2.59 bits per heavy atom. The number of halogens is 1. The number of benzene rings is 2. The van der Waals surface area contributed by atoms with E-state index in [0.29, 0.717) is 0 Å². The Labute approximate surface area is 112 Å². The molecule has 84 valence electrons. The van der Waals surface area contributed by atoms with Crippen molar-refractivity contribution in [1.29, 1.82) is 0 Å². The summed E-state index contributed by atoms with van der Waals surface area (Å²) in [5.41, 5.74) is 3.52. The molecule has 0 aliphatic heterocycles. The van der Waals surface area contributed by atoms with E-state index in [4.69, 9.17) is 0 Å². The summed E-state index contributed by atoms with van der Waals surface area (Å²) >= 11 is 5.18. The maximum absolute atomic E-state index is 4.68. The number of aromatic nitrogens is 1. The summed E-state index contributed by atoms with van der Waals surface area (Å²) in [6, 6.07) is 14.7. The fourth-order valence-corrected chi connectivity index (χ4v) is 2.97. The van der Waals surface area contributed by atoms with Gasteiger partial charge in [0.05, 0.1) is 10.2 Å². The first-order valence-corrected chi connectivity index (χ1v) is 6.96. The van der Waals surface area contributed by atoms with Gasteiger partial charge in [-0.25, -0.2) is 4.98 Å². The summed E-state index contributed by atoms with van der Waals surface area (Å²) in [7, 11) is 0. The third-order valence-electron chi connectivity index (χ3n) is 2.63. The number of hydrogen-bond donors (Lipinski definition) is 0. The maximum Gasteiger partial charge on any atom is 0.124 e. The normalized spacial score (nSPS) is 10.9. The molecule has 0 saturated carbocycles. The van der Waals surface area contributed by atoms with Crippen molar-refractivity contribution in [3.8, 4) is 10.6 Å². The van der Waals surface area contributed by atoms with Crippen molar-refractivity contribution in [2.45, 2.75) is 6.92 Å². The van der Waals surface area contributed by atoms with Crippen LogP contribution in [-0.2, 0) is 0 Å². The number of nitrogens with zero attached hydrogens (tertiary/aromatic N) is 1. The van der Waals surface area contributed by atoms with Crippen molar-refractivity contribution in [2.75, 3.05) is 0 Å². The van der Waals surface area contributed by atoms with Crippen LogP contribution in [0.4, 0.5) is 0 Å². The fourth-order valence-electron chi connectivity index (χ4n) is 1.75.